The number of carbonyl (C=O) groups is 2. The second-order valence-corrected chi connectivity index (χ2v) is 8.53. The van der Waals surface area contributed by atoms with Crippen molar-refractivity contribution in [2.75, 3.05) is 12.0 Å². The van der Waals surface area contributed by atoms with Crippen molar-refractivity contribution >= 4 is 23.1 Å². The molecule has 4 rings (SSSR count). The van der Waals surface area contributed by atoms with Gasteiger partial charge in [0.2, 0.25) is 0 Å². The number of amides is 1. The summed E-state index contributed by atoms with van der Waals surface area (Å²) in [6.07, 6.45) is 0. The summed E-state index contributed by atoms with van der Waals surface area (Å²) >= 11 is 0. The molecule has 3 aromatic rings. The van der Waals surface area contributed by atoms with Gasteiger partial charge in [0.05, 0.1) is 18.7 Å². The fourth-order valence-corrected chi connectivity index (χ4v) is 4.21. The lowest BCUT2D eigenvalue weighted by molar-refractivity contribution is -0.132. The number of nitrogens with zero attached hydrogens (tertiary/aromatic N) is 1. The molecule has 0 radical (unpaired) electrons. The molecule has 0 bridgehead atoms. The first-order valence-electron chi connectivity index (χ1n) is 10.8. The van der Waals surface area contributed by atoms with E-state index in [0.717, 1.165) is 22.3 Å². The van der Waals surface area contributed by atoms with E-state index >= 15 is 0 Å². The van der Waals surface area contributed by atoms with Gasteiger partial charge in [0.25, 0.3) is 11.7 Å². The fourth-order valence-electron chi connectivity index (χ4n) is 4.21. The number of methoxy groups -OCH3 is 1. The summed E-state index contributed by atoms with van der Waals surface area (Å²) in [5.41, 5.74) is 5.86. The van der Waals surface area contributed by atoms with Gasteiger partial charge in [-0.05, 0) is 79.8 Å². The van der Waals surface area contributed by atoms with Gasteiger partial charge in [-0.1, -0.05) is 36.4 Å². The number of Topliss-reactive ketones (excluding diaryl/α,β-unsaturated/α-hetero) is 1. The highest BCUT2D eigenvalue weighted by molar-refractivity contribution is 6.51. The molecule has 5 nitrogen and oxygen atoms in total. The number of rotatable bonds is 4. The molecule has 1 aliphatic heterocycles. The van der Waals surface area contributed by atoms with Crippen molar-refractivity contribution in [2.45, 2.75) is 33.7 Å². The summed E-state index contributed by atoms with van der Waals surface area (Å²) in [5.74, 6) is -0.871. The van der Waals surface area contributed by atoms with E-state index in [1.165, 1.54) is 4.90 Å². The Bertz CT molecular complexity index is 1290. The largest absolute Gasteiger partial charge is 0.507 e. The molecule has 1 heterocycles. The summed E-state index contributed by atoms with van der Waals surface area (Å²) in [6.45, 7) is 7.78. The van der Waals surface area contributed by atoms with Gasteiger partial charge in [0.15, 0.2) is 0 Å². The molecule has 1 saturated heterocycles. The lowest BCUT2D eigenvalue weighted by Crippen LogP contribution is -2.30. The molecular weight excluding hydrogens is 414 g/mol. The fraction of sp³-hybridized carbons (Fsp3) is 0.214. The Morgan fingerprint density at radius 1 is 0.848 bits per heavy atom. The summed E-state index contributed by atoms with van der Waals surface area (Å²) in [4.78, 5) is 28.2. The van der Waals surface area contributed by atoms with Gasteiger partial charge in [0.1, 0.15) is 11.5 Å². The third kappa shape index (κ3) is 3.91. The second-order valence-electron chi connectivity index (χ2n) is 8.53. The summed E-state index contributed by atoms with van der Waals surface area (Å²) in [5, 5.41) is 11.3. The Morgan fingerprint density at radius 2 is 1.52 bits per heavy atom. The number of hydrogen-bond acceptors (Lipinski definition) is 4. The van der Waals surface area contributed by atoms with Crippen LogP contribution in [0.15, 0.2) is 66.2 Å². The smallest absolute Gasteiger partial charge is 0.300 e. The molecule has 1 N–H and O–H groups in total. The Kier molecular flexibility index (Phi) is 5.81. The van der Waals surface area contributed by atoms with Gasteiger partial charge in [0, 0.05) is 11.3 Å². The SMILES string of the molecule is COc1ccc(C2/C(=C(/O)c3ccc(C)c(C)c3)C(=O)C(=O)N2c2cc(C)ccc2C)cc1. The molecule has 0 aromatic heterocycles. The third-order valence-electron chi connectivity index (χ3n) is 6.28. The molecule has 1 unspecified atom stereocenters. The highest BCUT2D eigenvalue weighted by atomic mass is 16.5. The van der Waals surface area contributed by atoms with E-state index in [-0.39, 0.29) is 11.3 Å². The highest BCUT2D eigenvalue weighted by Gasteiger charge is 2.47. The van der Waals surface area contributed by atoms with E-state index in [4.69, 9.17) is 4.74 Å². The predicted octanol–water partition coefficient (Wildman–Crippen LogP) is 5.56. The number of hydrogen-bond donors (Lipinski definition) is 1. The van der Waals surface area contributed by atoms with Crippen LogP contribution in [0.2, 0.25) is 0 Å². The number of aryl methyl sites for hydroxylation is 4. The maximum Gasteiger partial charge on any atom is 0.300 e. The van der Waals surface area contributed by atoms with Crippen LogP contribution in [-0.4, -0.2) is 23.9 Å². The molecule has 0 spiro atoms. The summed E-state index contributed by atoms with van der Waals surface area (Å²) in [6, 6.07) is 17.7. The monoisotopic (exact) mass is 441 g/mol. The molecule has 1 fully saturated rings. The van der Waals surface area contributed by atoms with E-state index in [9.17, 15) is 14.7 Å². The van der Waals surface area contributed by atoms with Crippen LogP contribution in [0.5, 0.6) is 5.75 Å². The van der Waals surface area contributed by atoms with Gasteiger partial charge in [-0.3, -0.25) is 14.5 Å². The first-order chi connectivity index (χ1) is 15.7. The van der Waals surface area contributed by atoms with Crippen LogP contribution >= 0.6 is 0 Å². The Morgan fingerprint density at radius 3 is 2.15 bits per heavy atom. The van der Waals surface area contributed by atoms with E-state index < -0.39 is 17.7 Å². The first kappa shape index (κ1) is 22.3. The second kappa shape index (κ2) is 8.58. The first-order valence-corrected chi connectivity index (χ1v) is 10.8. The Hall–Kier alpha value is -3.86. The zero-order valence-corrected chi connectivity index (χ0v) is 19.5. The predicted molar refractivity (Wildman–Crippen MR) is 130 cm³/mol. The van der Waals surface area contributed by atoms with Crippen LogP contribution in [0.3, 0.4) is 0 Å². The van der Waals surface area contributed by atoms with Crippen LogP contribution in [-0.2, 0) is 9.59 Å². The summed E-state index contributed by atoms with van der Waals surface area (Å²) in [7, 11) is 1.58. The maximum atomic E-state index is 13.3. The van der Waals surface area contributed by atoms with Crippen molar-refractivity contribution in [3.05, 3.63) is 99.6 Å². The van der Waals surface area contributed by atoms with Crippen LogP contribution in [0.25, 0.3) is 5.76 Å². The quantitative estimate of drug-likeness (QED) is 0.327. The van der Waals surface area contributed by atoms with Crippen molar-refractivity contribution in [1.29, 1.82) is 0 Å². The molecule has 5 heteroatoms. The lowest BCUT2D eigenvalue weighted by Gasteiger charge is -2.27. The van der Waals surface area contributed by atoms with Gasteiger partial charge < -0.3 is 9.84 Å². The van der Waals surface area contributed by atoms with Gasteiger partial charge in [-0.2, -0.15) is 0 Å². The molecular formula is C28H27NO4. The average Bonchev–Trinajstić information content (AvgIpc) is 3.07. The molecule has 0 saturated carbocycles. The van der Waals surface area contributed by atoms with Crippen LogP contribution in [0.1, 0.15) is 39.4 Å². The zero-order chi connectivity index (χ0) is 23.9. The number of aliphatic hydroxyl groups is 1. The van der Waals surface area contributed by atoms with Gasteiger partial charge in [-0.15, -0.1) is 0 Å². The minimum atomic E-state index is -0.766. The van der Waals surface area contributed by atoms with Crippen molar-refractivity contribution in [1.82, 2.24) is 0 Å². The van der Waals surface area contributed by atoms with Gasteiger partial charge >= 0.3 is 0 Å². The van der Waals surface area contributed by atoms with E-state index in [2.05, 4.69) is 0 Å². The van der Waals surface area contributed by atoms with Crippen molar-refractivity contribution in [3.8, 4) is 5.75 Å². The highest BCUT2D eigenvalue weighted by Crippen LogP contribution is 2.43. The molecule has 1 atom stereocenters. The lowest BCUT2D eigenvalue weighted by atomic mass is 9.94. The molecule has 168 valence electrons. The molecule has 33 heavy (non-hydrogen) atoms. The van der Waals surface area contributed by atoms with Gasteiger partial charge in [-0.25, -0.2) is 0 Å². The zero-order valence-electron chi connectivity index (χ0n) is 19.5. The molecule has 3 aromatic carbocycles. The standard InChI is InChI=1S/C28H27NO4/c1-16-6-7-18(3)23(14-16)29-25(20-10-12-22(33-5)13-11-20)24(27(31)28(29)32)26(30)21-9-8-17(2)19(4)15-21/h6-15,25,30H,1-5H3/b26-24-. The van der Waals surface area contributed by atoms with E-state index in [1.54, 1.807) is 25.3 Å². The van der Waals surface area contributed by atoms with Crippen LogP contribution < -0.4 is 9.64 Å². The number of aliphatic hydroxyl groups excluding tert-OH is 1. The van der Waals surface area contributed by atoms with E-state index in [0.29, 0.717) is 22.6 Å². The topological polar surface area (TPSA) is 66.8 Å². The van der Waals surface area contributed by atoms with Crippen LogP contribution in [0.4, 0.5) is 5.69 Å². The van der Waals surface area contributed by atoms with E-state index in [1.807, 2.05) is 70.2 Å². The van der Waals surface area contributed by atoms with Crippen molar-refractivity contribution in [2.24, 2.45) is 0 Å². The number of ketones is 1. The third-order valence-corrected chi connectivity index (χ3v) is 6.28. The number of benzene rings is 3. The Labute approximate surface area is 193 Å². The minimum absolute atomic E-state index is 0.0781. The van der Waals surface area contributed by atoms with Crippen LogP contribution in [0, 0.1) is 27.7 Å². The summed E-state index contributed by atoms with van der Waals surface area (Å²) < 4.78 is 5.28. The normalized spacial score (nSPS) is 17.5. The number of anilines is 1. The molecule has 1 aliphatic rings. The average molecular weight is 442 g/mol. The number of ether oxygens (including phenoxy) is 1. The van der Waals surface area contributed by atoms with Crippen molar-refractivity contribution < 1.29 is 19.4 Å². The number of carbonyl (C=O) groups excluding carboxylic acids is 2. The Balaban J connectivity index is 1.97. The minimum Gasteiger partial charge on any atom is -0.507 e. The maximum absolute atomic E-state index is 13.3. The van der Waals surface area contributed by atoms with Crippen molar-refractivity contribution in [3.63, 3.8) is 0 Å². The molecule has 0 aliphatic carbocycles. The molecule has 1 amide bonds.